The fourth-order valence-electron chi connectivity index (χ4n) is 2.43. The van der Waals surface area contributed by atoms with Crippen LogP contribution >= 0.6 is 0 Å². The van der Waals surface area contributed by atoms with Gasteiger partial charge in [-0.05, 0) is 39.4 Å². The van der Waals surface area contributed by atoms with Crippen LogP contribution in [0, 0.1) is 0 Å². The molecule has 0 radical (unpaired) electrons. The van der Waals surface area contributed by atoms with Crippen LogP contribution in [-0.2, 0) is 8.85 Å². The lowest BCUT2D eigenvalue weighted by Gasteiger charge is -2.25. The number of nitrogens with two attached hydrogens (primary N) is 1. The lowest BCUT2D eigenvalue weighted by molar-refractivity contribution is 0.188. The maximum atomic E-state index is 5.85. The van der Waals surface area contributed by atoms with E-state index in [2.05, 4.69) is 25.7 Å². The van der Waals surface area contributed by atoms with Crippen LogP contribution in [0.5, 0.6) is 0 Å². The van der Waals surface area contributed by atoms with E-state index in [0.717, 1.165) is 38.9 Å². The number of hydrogen-bond donors (Lipinski definition) is 2. The molecule has 0 aromatic rings. The van der Waals surface area contributed by atoms with Gasteiger partial charge >= 0.3 is 8.56 Å². The van der Waals surface area contributed by atoms with Crippen molar-refractivity contribution in [1.82, 2.24) is 5.32 Å². The van der Waals surface area contributed by atoms with Gasteiger partial charge in [-0.3, -0.25) is 0 Å². The first-order chi connectivity index (χ1) is 9.68. The molecule has 3 N–H and O–H groups in total. The zero-order valence-electron chi connectivity index (χ0n) is 13.9. The molecule has 122 valence electrons. The smallest absolute Gasteiger partial charge is 0.334 e. The summed E-state index contributed by atoms with van der Waals surface area (Å²) in [6, 6.07) is 1.13. The average molecular weight is 305 g/mol. The minimum absolute atomic E-state index is 0.738. The van der Waals surface area contributed by atoms with Crippen molar-refractivity contribution in [3.05, 3.63) is 0 Å². The van der Waals surface area contributed by atoms with Crippen molar-refractivity contribution >= 4 is 8.56 Å². The standard InChI is InChI=1S/C15H36N2O2Si/c1-4-18-20(3,19-5-2)15-11-9-7-6-8-10-13-17-14-12-16/h17H,4-16H2,1-3H3. The second-order valence-corrected chi connectivity index (χ2v) is 8.75. The highest BCUT2D eigenvalue weighted by Crippen LogP contribution is 2.18. The number of nitrogens with one attached hydrogen (secondary N) is 1. The SMILES string of the molecule is CCO[Si](C)(CCCCCCCCNCCN)OCC. The normalized spacial score (nSPS) is 12.0. The maximum Gasteiger partial charge on any atom is 0.334 e. The van der Waals surface area contributed by atoms with Gasteiger partial charge < -0.3 is 19.9 Å². The third-order valence-corrected chi connectivity index (χ3v) is 6.52. The Morgan fingerprint density at radius 1 is 0.850 bits per heavy atom. The highest BCUT2D eigenvalue weighted by molar-refractivity contribution is 6.66. The fourth-order valence-corrected chi connectivity index (χ4v) is 4.91. The Labute approximate surface area is 127 Å². The molecule has 0 spiro atoms. The van der Waals surface area contributed by atoms with Gasteiger partial charge in [0.25, 0.3) is 0 Å². The van der Waals surface area contributed by atoms with Gasteiger partial charge in [0.1, 0.15) is 0 Å². The molecular weight excluding hydrogens is 268 g/mol. The van der Waals surface area contributed by atoms with E-state index in [1.807, 2.05) is 0 Å². The Kier molecular flexibility index (Phi) is 14.1. The Bertz CT molecular complexity index is 200. The van der Waals surface area contributed by atoms with Gasteiger partial charge in [0, 0.05) is 26.3 Å². The van der Waals surface area contributed by atoms with E-state index in [1.165, 1.54) is 38.5 Å². The van der Waals surface area contributed by atoms with Crippen LogP contribution in [0.2, 0.25) is 12.6 Å². The van der Waals surface area contributed by atoms with E-state index in [0.29, 0.717) is 0 Å². The summed E-state index contributed by atoms with van der Waals surface area (Å²) in [5.74, 6) is 0. The van der Waals surface area contributed by atoms with Crippen LogP contribution in [0.4, 0.5) is 0 Å². The van der Waals surface area contributed by atoms with Gasteiger partial charge in [-0.25, -0.2) is 0 Å². The van der Waals surface area contributed by atoms with Crippen LogP contribution in [0.15, 0.2) is 0 Å². The summed E-state index contributed by atoms with van der Waals surface area (Å²) >= 11 is 0. The first-order valence-corrected chi connectivity index (χ1v) is 10.9. The predicted octanol–water partition coefficient (Wildman–Crippen LogP) is 3.02. The second-order valence-electron chi connectivity index (χ2n) is 5.41. The Morgan fingerprint density at radius 3 is 1.95 bits per heavy atom. The van der Waals surface area contributed by atoms with Crippen LogP contribution < -0.4 is 11.1 Å². The van der Waals surface area contributed by atoms with Crippen LogP contribution in [0.1, 0.15) is 52.4 Å². The van der Waals surface area contributed by atoms with Gasteiger partial charge in [0.15, 0.2) is 0 Å². The first-order valence-electron chi connectivity index (χ1n) is 8.37. The summed E-state index contributed by atoms with van der Waals surface area (Å²) in [5.41, 5.74) is 5.42. The largest absolute Gasteiger partial charge is 0.395 e. The minimum Gasteiger partial charge on any atom is -0.395 e. The molecule has 0 aliphatic rings. The zero-order chi connectivity index (χ0) is 15.1. The Balaban J connectivity index is 3.41. The molecule has 0 bridgehead atoms. The van der Waals surface area contributed by atoms with E-state index in [-0.39, 0.29) is 0 Å². The quantitative estimate of drug-likeness (QED) is 0.361. The number of rotatable bonds is 15. The van der Waals surface area contributed by atoms with Gasteiger partial charge in [-0.15, -0.1) is 0 Å². The molecule has 0 rings (SSSR count). The topological polar surface area (TPSA) is 56.5 Å². The summed E-state index contributed by atoms with van der Waals surface area (Å²) < 4.78 is 11.7. The molecule has 0 heterocycles. The van der Waals surface area contributed by atoms with Crippen LogP contribution in [0.25, 0.3) is 0 Å². The second kappa shape index (κ2) is 14.0. The van der Waals surface area contributed by atoms with Crippen molar-refractivity contribution < 1.29 is 8.85 Å². The highest BCUT2D eigenvalue weighted by Gasteiger charge is 2.29. The lowest BCUT2D eigenvalue weighted by Crippen LogP contribution is -2.38. The van der Waals surface area contributed by atoms with Gasteiger partial charge in [0.05, 0.1) is 0 Å². The fraction of sp³-hybridized carbons (Fsp3) is 1.00. The number of hydrogen-bond acceptors (Lipinski definition) is 4. The summed E-state index contributed by atoms with van der Waals surface area (Å²) in [6.45, 7) is 10.7. The third-order valence-electron chi connectivity index (χ3n) is 3.45. The molecule has 0 aromatic heterocycles. The molecule has 0 amide bonds. The van der Waals surface area contributed by atoms with E-state index in [9.17, 15) is 0 Å². The average Bonchev–Trinajstić information content (AvgIpc) is 2.41. The minimum atomic E-state index is -1.86. The van der Waals surface area contributed by atoms with Crippen molar-refractivity contribution in [3.63, 3.8) is 0 Å². The van der Waals surface area contributed by atoms with Crippen molar-refractivity contribution in [2.75, 3.05) is 32.8 Å². The lowest BCUT2D eigenvalue weighted by atomic mass is 10.1. The summed E-state index contributed by atoms with van der Waals surface area (Å²) in [4.78, 5) is 0. The Hall–Kier alpha value is 0.0569. The van der Waals surface area contributed by atoms with Crippen LogP contribution in [0.3, 0.4) is 0 Å². The summed E-state index contributed by atoms with van der Waals surface area (Å²) in [5, 5.41) is 3.33. The molecule has 5 heteroatoms. The zero-order valence-corrected chi connectivity index (χ0v) is 14.9. The van der Waals surface area contributed by atoms with Gasteiger partial charge in [-0.1, -0.05) is 32.1 Å². The molecule has 4 nitrogen and oxygen atoms in total. The summed E-state index contributed by atoms with van der Waals surface area (Å²) in [7, 11) is -1.86. The van der Waals surface area contributed by atoms with E-state index < -0.39 is 8.56 Å². The van der Waals surface area contributed by atoms with Gasteiger partial charge in [-0.2, -0.15) is 0 Å². The van der Waals surface area contributed by atoms with Gasteiger partial charge in [0.2, 0.25) is 0 Å². The number of unbranched alkanes of at least 4 members (excludes halogenated alkanes) is 5. The van der Waals surface area contributed by atoms with E-state index >= 15 is 0 Å². The third kappa shape index (κ3) is 11.8. The molecule has 0 saturated carbocycles. The maximum absolute atomic E-state index is 5.85. The van der Waals surface area contributed by atoms with E-state index in [1.54, 1.807) is 0 Å². The predicted molar refractivity (Wildman–Crippen MR) is 89.3 cm³/mol. The molecular formula is C15H36N2O2Si. The van der Waals surface area contributed by atoms with Crippen molar-refractivity contribution in [1.29, 1.82) is 0 Å². The molecule has 0 fully saturated rings. The Morgan fingerprint density at radius 2 is 1.40 bits per heavy atom. The van der Waals surface area contributed by atoms with E-state index in [4.69, 9.17) is 14.6 Å². The molecule has 0 aliphatic heterocycles. The first kappa shape index (κ1) is 20.1. The van der Waals surface area contributed by atoms with Crippen LogP contribution in [-0.4, -0.2) is 41.4 Å². The van der Waals surface area contributed by atoms with Crippen molar-refractivity contribution in [2.45, 2.75) is 65.0 Å². The molecule has 0 aliphatic carbocycles. The van der Waals surface area contributed by atoms with Crippen molar-refractivity contribution in [3.8, 4) is 0 Å². The molecule has 20 heavy (non-hydrogen) atoms. The molecule has 0 unspecified atom stereocenters. The highest BCUT2D eigenvalue weighted by atomic mass is 28.4. The monoisotopic (exact) mass is 304 g/mol. The molecule has 0 aromatic carbocycles. The molecule has 0 atom stereocenters. The summed E-state index contributed by atoms with van der Waals surface area (Å²) in [6.07, 6.45) is 7.81. The van der Waals surface area contributed by atoms with Crippen molar-refractivity contribution in [2.24, 2.45) is 5.73 Å². The molecule has 0 saturated heterocycles.